The van der Waals surface area contributed by atoms with Crippen LogP contribution in [0, 0.1) is 10.1 Å². The Bertz CT molecular complexity index is 724. The molecule has 8 nitrogen and oxygen atoms in total. The second-order valence-corrected chi connectivity index (χ2v) is 6.07. The SMILES string of the molecule is CNc1ccc(CN[C@@H]2CCCN(c3ncccn3)C2)cc1[N+](=O)[O-]. The molecular weight excluding hydrogens is 320 g/mol. The van der Waals surface area contributed by atoms with Crippen molar-refractivity contribution < 1.29 is 4.92 Å². The van der Waals surface area contributed by atoms with E-state index in [1.165, 1.54) is 0 Å². The fourth-order valence-electron chi connectivity index (χ4n) is 3.09. The largest absolute Gasteiger partial charge is 0.383 e. The highest BCUT2D eigenvalue weighted by atomic mass is 16.6. The zero-order valence-electron chi connectivity index (χ0n) is 14.2. The summed E-state index contributed by atoms with van der Waals surface area (Å²) in [6.07, 6.45) is 5.64. The van der Waals surface area contributed by atoms with Gasteiger partial charge >= 0.3 is 0 Å². The molecule has 0 spiro atoms. The molecular formula is C17H22N6O2. The fraction of sp³-hybridized carbons (Fsp3) is 0.412. The van der Waals surface area contributed by atoms with E-state index in [1.54, 1.807) is 31.6 Å². The van der Waals surface area contributed by atoms with Gasteiger partial charge in [-0.15, -0.1) is 0 Å². The zero-order chi connectivity index (χ0) is 17.6. The molecule has 0 saturated carbocycles. The van der Waals surface area contributed by atoms with E-state index < -0.39 is 0 Å². The summed E-state index contributed by atoms with van der Waals surface area (Å²) in [4.78, 5) is 21.6. The van der Waals surface area contributed by atoms with Gasteiger partial charge < -0.3 is 15.5 Å². The average Bonchev–Trinajstić information content (AvgIpc) is 2.67. The van der Waals surface area contributed by atoms with Crippen LogP contribution < -0.4 is 15.5 Å². The van der Waals surface area contributed by atoms with Crippen molar-refractivity contribution in [1.29, 1.82) is 0 Å². The summed E-state index contributed by atoms with van der Waals surface area (Å²) in [5.74, 6) is 0.753. The molecule has 1 saturated heterocycles. The number of nitrogens with zero attached hydrogens (tertiary/aromatic N) is 4. The Labute approximate surface area is 146 Å². The van der Waals surface area contributed by atoms with Crippen LogP contribution in [0.2, 0.25) is 0 Å². The minimum atomic E-state index is -0.357. The van der Waals surface area contributed by atoms with Gasteiger partial charge in [0.15, 0.2) is 0 Å². The average molecular weight is 342 g/mol. The van der Waals surface area contributed by atoms with Crippen molar-refractivity contribution in [2.75, 3.05) is 30.4 Å². The van der Waals surface area contributed by atoms with Gasteiger partial charge in [-0.2, -0.15) is 0 Å². The molecule has 0 radical (unpaired) electrons. The second kappa shape index (κ2) is 7.89. The van der Waals surface area contributed by atoms with Crippen molar-refractivity contribution >= 4 is 17.3 Å². The highest BCUT2D eigenvalue weighted by Crippen LogP contribution is 2.25. The van der Waals surface area contributed by atoms with E-state index in [2.05, 4.69) is 25.5 Å². The van der Waals surface area contributed by atoms with Crippen LogP contribution in [0.4, 0.5) is 17.3 Å². The van der Waals surface area contributed by atoms with E-state index in [1.807, 2.05) is 12.1 Å². The maximum absolute atomic E-state index is 11.2. The molecule has 3 rings (SSSR count). The Hall–Kier alpha value is -2.74. The summed E-state index contributed by atoms with van der Waals surface area (Å²) in [5, 5.41) is 17.5. The molecule has 1 atom stereocenters. The fourth-order valence-corrected chi connectivity index (χ4v) is 3.09. The maximum Gasteiger partial charge on any atom is 0.292 e. The van der Waals surface area contributed by atoms with Gasteiger partial charge in [-0.05, 0) is 30.5 Å². The van der Waals surface area contributed by atoms with Crippen molar-refractivity contribution in [2.24, 2.45) is 0 Å². The number of anilines is 2. The summed E-state index contributed by atoms with van der Waals surface area (Å²) in [7, 11) is 1.68. The molecule has 2 N–H and O–H groups in total. The van der Waals surface area contributed by atoms with Crippen molar-refractivity contribution in [3.8, 4) is 0 Å². The van der Waals surface area contributed by atoms with Crippen molar-refractivity contribution in [1.82, 2.24) is 15.3 Å². The van der Waals surface area contributed by atoms with E-state index in [4.69, 9.17) is 0 Å². The van der Waals surface area contributed by atoms with Crippen molar-refractivity contribution in [2.45, 2.75) is 25.4 Å². The van der Waals surface area contributed by atoms with Crippen LogP contribution in [-0.2, 0) is 6.54 Å². The first-order valence-electron chi connectivity index (χ1n) is 8.38. The van der Waals surface area contributed by atoms with Gasteiger partial charge in [-0.1, -0.05) is 6.07 Å². The minimum Gasteiger partial charge on any atom is -0.383 e. The van der Waals surface area contributed by atoms with Crippen LogP contribution in [0.5, 0.6) is 0 Å². The molecule has 1 aliphatic rings. The molecule has 2 aromatic rings. The topological polar surface area (TPSA) is 96.2 Å². The summed E-state index contributed by atoms with van der Waals surface area (Å²) >= 11 is 0. The number of aromatic nitrogens is 2. The Morgan fingerprint density at radius 2 is 2.16 bits per heavy atom. The normalized spacial score (nSPS) is 17.3. The Morgan fingerprint density at radius 3 is 2.88 bits per heavy atom. The Kier molecular flexibility index (Phi) is 5.39. The molecule has 2 heterocycles. The molecule has 132 valence electrons. The molecule has 8 heteroatoms. The molecule has 1 aromatic heterocycles. The molecule has 0 unspecified atom stereocenters. The number of nitrogens with one attached hydrogen (secondary N) is 2. The predicted molar refractivity (Wildman–Crippen MR) is 96.7 cm³/mol. The van der Waals surface area contributed by atoms with E-state index in [0.717, 1.165) is 37.4 Å². The van der Waals surface area contributed by atoms with Crippen molar-refractivity contribution in [3.05, 3.63) is 52.3 Å². The lowest BCUT2D eigenvalue weighted by Gasteiger charge is -2.33. The van der Waals surface area contributed by atoms with Crippen LogP contribution in [0.15, 0.2) is 36.7 Å². The van der Waals surface area contributed by atoms with Gasteiger partial charge in [0, 0.05) is 51.2 Å². The van der Waals surface area contributed by atoms with E-state index in [9.17, 15) is 10.1 Å². The number of hydrogen-bond donors (Lipinski definition) is 2. The first-order valence-corrected chi connectivity index (χ1v) is 8.38. The van der Waals surface area contributed by atoms with Crippen molar-refractivity contribution in [3.63, 3.8) is 0 Å². The number of piperidine rings is 1. The molecule has 1 aromatic carbocycles. The Morgan fingerprint density at radius 1 is 1.36 bits per heavy atom. The van der Waals surface area contributed by atoms with Crippen LogP contribution in [0.25, 0.3) is 0 Å². The molecule has 1 fully saturated rings. The highest BCUT2D eigenvalue weighted by Gasteiger charge is 2.21. The van der Waals surface area contributed by atoms with Gasteiger partial charge in [0.2, 0.25) is 5.95 Å². The lowest BCUT2D eigenvalue weighted by Crippen LogP contribution is -2.46. The van der Waals surface area contributed by atoms with Crippen LogP contribution in [0.3, 0.4) is 0 Å². The Balaban J connectivity index is 1.61. The van der Waals surface area contributed by atoms with Gasteiger partial charge in [0.1, 0.15) is 5.69 Å². The summed E-state index contributed by atoms with van der Waals surface area (Å²) < 4.78 is 0. The van der Waals surface area contributed by atoms with Gasteiger partial charge in [-0.25, -0.2) is 9.97 Å². The minimum absolute atomic E-state index is 0.102. The molecule has 25 heavy (non-hydrogen) atoms. The smallest absolute Gasteiger partial charge is 0.292 e. The zero-order valence-corrected chi connectivity index (χ0v) is 14.2. The second-order valence-electron chi connectivity index (χ2n) is 6.07. The molecule has 0 bridgehead atoms. The first kappa shape index (κ1) is 17.1. The van der Waals surface area contributed by atoms with Crippen LogP contribution in [0.1, 0.15) is 18.4 Å². The number of benzene rings is 1. The van der Waals surface area contributed by atoms with E-state index in [-0.39, 0.29) is 10.6 Å². The number of hydrogen-bond acceptors (Lipinski definition) is 7. The number of nitro groups is 1. The third-order valence-corrected chi connectivity index (χ3v) is 4.38. The van der Waals surface area contributed by atoms with Crippen LogP contribution in [-0.4, -0.2) is 41.1 Å². The molecule has 0 amide bonds. The van der Waals surface area contributed by atoms with Gasteiger partial charge in [-0.3, -0.25) is 10.1 Å². The first-order chi connectivity index (χ1) is 12.2. The van der Waals surface area contributed by atoms with Gasteiger partial charge in [0.25, 0.3) is 5.69 Å². The standard InChI is InChI=1S/C17H22N6O2/c1-18-15-6-5-13(10-16(15)23(24)25)11-21-14-4-2-9-22(12-14)17-19-7-3-8-20-17/h3,5-8,10,14,18,21H,2,4,9,11-12H2,1H3/t14-/m1/s1. The van der Waals surface area contributed by atoms with Crippen LogP contribution >= 0.6 is 0 Å². The van der Waals surface area contributed by atoms with E-state index in [0.29, 0.717) is 18.3 Å². The van der Waals surface area contributed by atoms with Gasteiger partial charge in [0.05, 0.1) is 4.92 Å². The predicted octanol–water partition coefficient (Wildman–Crippen LogP) is 2.19. The van der Waals surface area contributed by atoms with E-state index >= 15 is 0 Å². The quantitative estimate of drug-likeness (QED) is 0.613. The summed E-state index contributed by atoms with van der Waals surface area (Å²) in [5.41, 5.74) is 1.53. The number of rotatable bonds is 6. The highest BCUT2D eigenvalue weighted by molar-refractivity contribution is 5.62. The maximum atomic E-state index is 11.2. The summed E-state index contributed by atoms with van der Waals surface area (Å²) in [6, 6.07) is 7.40. The lowest BCUT2D eigenvalue weighted by atomic mass is 10.1. The number of nitro benzene ring substituents is 1. The molecule has 1 aliphatic heterocycles. The lowest BCUT2D eigenvalue weighted by molar-refractivity contribution is -0.384. The summed E-state index contributed by atoms with van der Waals surface area (Å²) in [6.45, 7) is 2.38. The third kappa shape index (κ3) is 4.21. The third-order valence-electron chi connectivity index (χ3n) is 4.38. The molecule has 0 aliphatic carbocycles. The monoisotopic (exact) mass is 342 g/mol.